The number of hydrogen-bond donors (Lipinski definition) is 1. The minimum Gasteiger partial charge on any atom is -0.312 e. The topological polar surface area (TPSA) is 58.4 Å². The van der Waals surface area contributed by atoms with Gasteiger partial charge in [-0.15, -0.1) is 0 Å². The summed E-state index contributed by atoms with van der Waals surface area (Å²) in [5, 5.41) is 14.4. The lowest BCUT2D eigenvalue weighted by molar-refractivity contribution is -0.385. The standard InChI is InChI=1S/C15H22BrN3O2/c1-11(2)18-6-5-12(10-18)8-17-9-13-3-4-14(16)7-15(13)19(20)21/h3-4,7,11-12,17H,5-6,8-10H2,1-2H3. The number of rotatable bonds is 6. The lowest BCUT2D eigenvalue weighted by atomic mass is 10.1. The molecule has 1 saturated heterocycles. The Morgan fingerprint density at radius 1 is 1.52 bits per heavy atom. The number of nitrogens with zero attached hydrogens (tertiary/aromatic N) is 2. The molecule has 1 aromatic rings. The number of nitrogens with one attached hydrogen (secondary N) is 1. The third-order valence-corrected chi connectivity index (χ3v) is 4.53. The Labute approximate surface area is 134 Å². The summed E-state index contributed by atoms with van der Waals surface area (Å²) >= 11 is 3.28. The fraction of sp³-hybridized carbons (Fsp3) is 0.600. The van der Waals surface area contributed by atoms with Crippen LogP contribution in [-0.2, 0) is 6.54 Å². The molecule has 1 aromatic carbocycles. The molecular formula is C15H22BrN3O2. The molecule has 0 saturated carbocycles. The lowest BCUT2D eigenvalue weighted by Gasteiger charge is -2.20. The minimum atomic E-state index is -0.322. The highest BCUT2D eigenvalue weighted by Gasteiger charge is 2.24. The Bertz CT molecular complexity index is 508. The largest absolute Gasteiger partial charge is 0.312 e. The molecule has 0 aromatic heterocycles. The number of halogens is 1. The molecule has 1 aliphatic rings. The fourth-order valence-electron chi connectivity index (χ4n) is 2.77. The van der Waals surface area contributed by atoms with Gasteiger partial charge in [-0.1, -0.05) is 15.9 Å². The van der Waals surface area contributed by atoms with Gasteiger partial charge in [-0.3, -0.25) is 10.1 Å². The maximum Gasteiger partial charge on any atom is 0.275 e. The third-order valence-electron chi connectivity index (χ3n) is 4.04. The molecule has 0 aliphatic carbocycles. The van der Waals surface area contributed by atoms with E-state index in [0.29, 0.717) is 18.5 Å². The predicted molar refractivity (Wildman–Crippen MR) is 87.3 cm³/mol. The van der Waals surface area contributed by atoms with Crippen LogP contribution in [0.4, 0.5) is 5.69 Å². The monoisotopic (exact) mass is 355 g/mol. The zero-order valence-corrected chi connectivity index (χ0v) is 14.1. The van der Waals surface area contributed by atoms with Gasteiger partial charge in [0.05, 0.1) is 4.92 Å². The molecule has 0 spiro atoms. The Kier molecular flexibility index (Phi) is 5.72. The van der Waals surface area contributed by atoms with Crippen LogP contribution in [0, 0.1) is 16.0 Å². The maximum absolute atomic E-state index is 11.1. The van der Waals surface area contributed by atoms with Crippen LogP contribution < -0.4 is 5.32 Å². The first-order chi connectivity index (χ1) is 9.97. The summed E-state index contributed by atoms with van der Waals surface area (Å²) in [6, 6.07) is 5.82. The van der Waals surface area contributed by atoms with Crippen molar-refractivity contribution in [3.05, 3.63) is 38.3 Å². The average Bonchev–Trinajstić information content (AvgIpc) is 2.89. The first kappa shape index (κ1) is 16.4. The van der Waals surface area contributed by atoms with Gasteiger partial charge >= 0.3 is 0 Å². The molecule has 116 valence electrons. The average molecular weight is 356 g/mol. The zero-order chi connectivity index (χ0) is 15.4. The smallest absolute Gasteiger partial charge is 0.275 e. The molecule has 1 atom stereocenters. The quantitative estimate of drug-likeness (QED) is 0.628. The molecular weight excluding hydrogens is 334 g/mol. The van der Waals surface area contributed by atoms with E-state index in [1.165, 1.54) is 6.42 Å². The van der Waals surface area contributed by atoms with Gasteiger partial charge in [0.2, 0.25) is 0 Å². The van der Waals surface area contributed by atoms with Crippen molar-refractivity contribution in [2.45, 2.75) is 32.9 Å². The van der Waals surface area contributed by atoms with Gasteiger partial charge in [-0.2, -0.15) is 0 Å². The predicted octanol–water partition coefficient (Wildman–Crippen LogP) is 3.18. The Morgan fingerprint density at radius 3 is 2.90 bits per heavy atom. The third kappa shape index (κ3) is 4.49. The van der Waals surface area contributed by atoms with Crippen molar-refractivity contribution in [3.63, 3.8) is 0 Å². The van der Waals surface area contributed by atoms with E-state index in [2.05, 4.69) is 40.0 Å². The SMILES string of the molecule is CC(C)N1CCC(CNCc2ccc(Br)cc2[N+](=O)[O-])C1. The lowest BCUT2D eigenvalue weighted by Crippen LogP contribution is -2.30. The van der Waals surface area contributed by atoms with Gasteiger partial charge in [0, 0.05) is 35.2 Å². The Balaban J connectivity index is 1.86. The fourth-order valence-corrected chi connectivity index (χ4v) is 3.11. The Hall–Kier alpha value is -0.980. The van der Waals surface area contributed by atoms with E-state index in [1.54, 1.807) is 6.07 Å². The van der Waals surface area contributed by atoms with Crippen LogP contribution in [0.5, 0.6) is 0 Å². The highest BCUT2D eigenvalue weighted by molar-refractivity contribution is 9.10. The highest BCUT2D eigenvalue weighted by Crippen LogP contribution is 2.24. The van der Waals surface area contributed by atoms with Crippen LogP contribution in [0.3, 0.4) is 0 Å². The molecule has 0 radical (unpaired) electrons. The van der Waals surface area contributed by atoms with Crippen molar-refractivity contribution in [1.29, 1.82) is 0 Å². The number of likely N-dealkylation sites (tertiary alicyclic amines) is 1. The van der Waals surface area contributed by atoms with Crippen LogP contribution in [-0.4, -0.2) is 35.5 Å². The van der Waals surface area contributed by atoms with Crippen molar-refractivity contribution < 1.29 is 4.92 Å². The first-order valence-corrected chi connectivity index (χ1v) is 8.14. The summed E-state index contributed by atoms with van der Waals surface area (Å²) in [4.78, 5) is 13.2. The van der Waals surface area contributed by atoms with Gasteiger partial charge in [-0.05, 0) is 51.4 Å². The van der Waals surface area contributed by atoms with Crippen LogP contribution in [0.15, 0.2) is 22.7 Å². The molecule has 1 fully saturated rings. The van der Waals surface area contributed by atoms with Gasteiger partial charge in [-0.25, -0.2) is 0 Å². The molecule has 6 heteroatoms. The number of nitro groups is 1. The van der Waals surface area contributed by atoms with Crippen molar-refractivity contribution in [2.75, 3.05) is 19.6 Å². The van der Waals surface area contributed by atoms with Crippen LogP contribution in [0.25, 0.3) is 0 Å². The second kappa shape index (κ2) is 7.33. The summed E-state index contributed by atoms with van der Waals surface area (Å²) < 4.78 is 0.737. The second-order valence-electron chi connectivity index (χ2n) is 5.90. The molecule has 5 nitrogen and oxygen atoms in total. The van der Waals surface area contributed by atoms with E-state index < -0.39 is 0 Å². The molecule has 2 rings (SSSR count). The summed E-state index contributed by atoms with van der Waals surface area (Å²) in [7, 11) is 0. The van der Waals surface area contributed by atoms with Crippen LogP contribution >= 0.6 is 15.9 Å². The summed E-state index contributed by atoms with van der Waals surface area (Å²) in [5.74, 6) is 0.641. The minimum absolute atomic E-state index is 0.173. The number of hydrogen-bond acceptors (Lipinski definition) is 4. The number of nitro benzene ring substituents is 1. The summed E-state index contributed by atoms with van der Waals surface area (Å²) in [5.41, 5.74) is 0.911. The zero-order valence-electron chi connectivity index (χ0n) is 12.5. The molecule has 1 aliphatic heterocycles. The Morgan fingerprint density at radius 2 is 2.29 bits per heavy atom. The van der Waals surface area contributed by atoms with Gasteiger partial charge in [0.1, 0.15) is 0 Å². The summed E-state index contributed by atoms with van der Waals surface area (Å²) in [6.45, 7) is 8.18. The molecule has 0 bridgehead atoms. The van der Waals surface area contributed by atoms with E-state index in [0.717, 1.165) is 29.7 Å². The van der Waals surface area contributed by atoms with Crippen LogP contribution in [0.2, 0.25) is 0 Å². The molecule has 1 N–H and O–H groups in total. The van der Waals surface area contributed by atoms with E-state index in [-0.39, 0.29) is 10.6 Å². The van der Waals surface area contributed by atoms with E-state index >= 15 is 0 Å². The van der Waals surface area contributed by atoms with E-state index in [1.807, 2.05) is 12.1 Å². The first-order valence-electron chi connectivity index (χ1n) is 7.35. The van der Waals surface area contributed by atoms with Crippen molar-refractivity contribution >= 4 is 21.6 Å². The molecule has 1 unspecified atom stereocenters. The van der Waals surface area contributed by atoms with Crippen molar-refractivity contribution in [1.82, 2.24) is 10.2 Å². The summed E-state index contributed by atoms with van der Waals surface area (Å²) in [6.07, 6.45) is 1.20. The second-order valence-corrected chi connectivity index (χ2v) is 6.82. The molecule has 1 heterocycles. The van der Waals surface area contributed by atoms with Gasteiger partial charge in [0.15, 0.2) is 0 Å². The van der Waals surface area contributed by atoms with Crippen molar-refractivity contribution in [3.8, 4) is 0 Å². The maximum atomic E-state index is 11.1. The highest BCUT2D eigenvalue weighted by atomic mass is 79.9. The van der Waals surface area contributed by atoms with Gasteiger partial charge in [0.25, 0.3) is 5.69 Å². The molecule has 21 heavy (non-hydrogen) atoms. The van der Waals surface area contributed by atoms with E-state index in [4.69, 9.17) is 0 Å². The normalized spacial score (nSPS) is 19.3. The van der Waals surface area contributed by atoms with Crippen molar-refractivity contribution in [2.24, 2.45) is 5.92 Å². The van der Waals surface area contributed by atoms with E-state index in [9.17, 15) is 10.1 Å². The van der Waals surface area contributed by atoms with Gasteiger partial charge < -0.3 is 10.2 Å². The van der Waals surface area contributed by atoms with Crippen LogP contribution in [0.1, 0.15) is 25.8 Å². The molecule has 0 amide bonds. The number of benzene rings is 1.